The van der Waals surface area contributed by atoms with E-state index in [0.717, 1.165) is 27.1 Å². The molecule has 0 spiro atoms. The second-order valence-electron chi connectivity index (χ2n) is 7.41. The Morgan fingerprint density at radius 1 is 0.600 bits per heavy atom. The molecule has 1 N–H and O–H groups in total. The highest BCUT2D eigenvalue weighted by Gasteiger charge is 2.14. The zero-order valence-electron chi connectivity index (χ0n) is 16.6. The maximum Gasteiger partial charge on any atom is 0.0184 e. The van der Waals surface area contributed by atoms with Crippen LogP contribution in [-0.2, 0) is 0 Å². The average molecular weight is 383 g/mol. The van der Waals surface area contributed by atoms with Crippen molar-refractivity contribution in [3.8, 4) is 22.3 Å². The summed E-state index contributed by atoms with van der Waals surface area (Å²) in [4.78, 5) is 0. The molecule has 0 heterocycles. The zero-order chi connectivity index (χ0) is 20.5. The second kappa shape index (κ2) is 7.46. The molecule has 0 fully saturated rings. The predicted molar refractivity (Wildman–Crippen MR) is 130 cm³/mol. The first-order chi connectivity index (χ1) is 14.8. The molecule has 0 saturated carbocycles. The van der Waals surface area contributed by atoms with Crippen molar-refractivity contribution >= 4 is 40.4 Å². The Balaban J connectivity index is 2.02. The van der Waals surface area contributed by atoms with Crippen LogP contribution in [0.25, 0.3) is 56.5 Å². The summed E-state index contributed by atoms with van der Waals surface area (Å²) in [6.07, 6.45) is 3.23. The summed E-state index contributed by atoms with van der Waals surface area (Å²) in [5.74, 6) is 0. The molecule has 0 aromatic heterocycles. The summed E-state index contributed by atoms with van der Waals surface area (Å²) in [5.41, 5.74) is 4.57. The van der Waals surface area contributed by atoms with Gasteiger partial charge in [-0.1, -0.05) is 104 Å². The van der Waals surface area contributed by atoms with Crippen LogP contribution in [0, 0.1) is 5.41 Å². The molecule has 1 nitrogen and oxygen atoms in total. The molecule has 0 aliphatic heterocycles. The van der Waals surface area contributed by atoms with E-state index in [1.807, 2.05) is 12.1 Å². The van der Waals surface area contributed by atoms with Gasteiger partial charge in [-0.2, -0.15) is 0 Å². The van der Waals surface area contributed by atoms with E-state index in [4.69, 9.17) is 5.41 Å². The van der Waals surface area contributed by atoms with E-state index >= 15 is 0 Å². The van der Waals surface area contributed by atoms with E-state index < -0.39 is 0 Å². The Morgan fingerprint density at radius 2 is 1.20 bits per heavy atom. The van der Waals surface area contributed by atoms with Gasteiger partial charge in [0.2, 0.25) is 0 Å². The maximum atomic E-state index is 7.80. The van der Waals surface area contributed by atoms with Crippen LogP contribution in [0.2, 0.25) is 0 Å². The number of rotatable bonds is 3. The molecule has 0 aliphatic rings. The number of hydrogen-bond donors (Lipinski definition) is 1. The molecule has 0 aliphatic carbocycles. The molecule has 0 bridgehead atoms. The van der Waals surface area contributed by atoms with Crippen LogP contribution in [0.15, 0.2) is 97.1 Å². The van der Waals surface area contributed by atoms with Gasteiger partial charge in [-0.3, -0.25) is 0 Å². The minimum Gasteiger partial charge on any atom is -0.309 e. The summed E-state index contributed by atoms with van der Waals surface area (Å²) in [6.45, 7) is 4.52. The van der Waals surface area contributed by atoms with Crippen molar-refractivity contribution < 1.29 is 0 Å². The smallest absolute Gasteiger partial charge is 0.0184 e. The van der Waals surface area contributed by atoms with E-state index in [2.05, 4.69) is 97.6 Å². The fraction of sp³-hybridized carbons (Fsp3) is 0. The third kappa shape index (κ3) is 2.84. The van der Waals surface area contributed by atoms with Gasteiger partial charge in [-0.05, 0) is 60.3 Å². The highest BCUT2D eigenvalue weighted by atomic mass is 14.3. The van der Waals surface area contributed by atoms with Crippen molar-refractivity contribution in [2.75, 3.05) is 0 Å². The molecule has 0 atom stereocenters. The third-order valence-corrected chi connectivity index (χ3v) is 5.73. The number of hydrogen-bond acceptors (Lipinski definition) is 1. The van der Waals surface area contributed by atoms with Gasteiger partial charge in [-0.25, -0.2) is 0 Å². The monoisotopic (exact) mass is 383 g/mol. The van der Waals surface area contributed by atoms with Crippen LogP contribution in [0.4, 0.5) is 0 Å². The van der Waals surface area contributed by atoms with Crippen molar-refractivity contribution in [3.63, 3.8) is 0 Å². The van der Waals surface area contributed by atoms with Crippen molar-refractivity contribution in [1.29, 1.82) is 5.41 Å². The lowest BCUT2D eigenvalue weighted by atomic mass is 9.87. The first kappa shape index (κ1) is 18.1. The Kier molecular flexibility index (Phi) is 4.49. The van der Waals surface area contributed by atoms with Gasteiger partial charge in [-0.15, -0.1) is 0 Å². The zero-order valence-corrected chi connectivity index (χ0v) is 16.6. The standard InChI is InChI=1S/C29H21N/c1-20-23(18-19-30)29(22-11-3-2-4-12-22)27-16-8-7-15-26(27)28(20)25-17-9-13-21-10-5-6-14-24(21)25/h2-19,30H,1H2/b23-18+,30-19?. The number of nitrogens with one attached hydrogen (secondary N) is 1. The van der Waals surface area contributed by atoms with Gasteiger partial charge in [0.1, 0.15) is 0 Å². The largest absolute Gasteiger partial charge is 0.309 e. The van der Waals surface area contributed by atoms with Crippen LogP contribution in [0.3, 0.4) is 0 Å². The molecule has 5 aromatic rings. The van der Waals surface area contributed by atoms with E-state index in [-0.39, 0.29) is 0 Å². The lowest BCUT2D eigenvalue weighted by Crippen LogP contribution is -2.28. The van der Waals surface area contributed by atoms with E-state index in [9.17, 15) is 0 Å². The van der Waals surface area contributed by atoms with Crippen LogP contribution in [0.1, 0.15) is 0 Å². The molecule has 0 saturated heterocycles. The lowest BCUT2D eigenvalue weighted by Gasteiger charge is -2.16. The second-order valence-corrected chi connectivity index (χ2v) is 7.41. The molecule has 1 heteroatoms. The van der Waals surface area contributed by atoms with E-state index in [1.54, 1.807) is 0 Å². The summed E-state index contributed by atoms with van der Waals surface area (Å²) < 4.78 is 0. The minimum absolute atomic E-state index is 0.951. The number of benzene rings is 5. The summed E-state index contributed by atoms with van der Waals surface area (Å²) >= 11 is 0. The van der Waals surface area contributed by atoms with Crippen LogP contribution in [-0.4, -0.2) is 6.21 Å². The van der Waals surface area contributed by atoms with Gasteiger partial charge in [0.05, 0.1) is 0 Å². The summed E-state index contributed by atoms with van der Waals surface area (Å²) in [5, 5.41) is 14.5. The minimum atomic E-state index is 0.951. The van der Waals surface area contributed by atoms with Crippen LogP contribution in [0.5, 0.6) is 0 Å². The van der Waals surface area contributed by atoms with Crippen LogP contribution < -0.4 is 10.4 Å². The summed E-state index contributed by atoms with van der Waals surface area (Å²) in [7, 11) is 0. The molecule has 5 aromatic carbocycles. The van der Waals surface area contributed by atoms with E-state index in [0.29, 0.717) is 0 Å². The van der Waals surface area contributed by atoms with Crippen molar-refractivity contribution in [3.05, 3.63) is 107 Å². The van der Waals surface area contributed by atoms with Crippen LogP contribution >= 0.6 is 0 Å². The van der Waals surface area contributed by atoms with E-state index in [1.165, 1.54) is 33.3 Å². The fourth-order valence-electron chi connectivity index (χ4n) is 4.45. The molecular formula is C29H21N. The van der Waals surface area contributed by atoms with Crippen molar-refractivity contribution in [2.45, 2.75) is 0 Å². The molecule has 0 radical (unpaired) electrons. The molecule has 5 rings (SSSR count). The lowest BCUT2D eigenvalue weighted by molar-refractivity contribution is 1.53. The average Bonchev–Trinajstić information content (AvgIpc) is 2.80. The Bertz CT molecular complexity index is 1510. The topological polar surface area (TPSA) is 23.9 Å². The first-order valence-corrected chi connectivity index (χ1v) is 10.1. The SMILES string of the molecule is C=c1c(-c2cccc3ccccc23)c2ccccc2c(-c2ccccc2)/c1=C/C=N. The Morgan fingerprint density at radius 3 is 1.93 bits per heavy atom. The van der Waals surface area contributed by atoms with Gasteiger partial charge < -0.3 is 5.41 Å². The predicted octanol–water partition coefficient (Wildman–Crippen LogP) is 6.17. The highest BCUT2D eigenvalue weighted by Crippen LogP contribution is 2.34. The van der Waals surface area contributed by atoms with Gasteiger partial charge in [0, 0.05) is 6.21 Å². The normalized spacial score (nSPS) is 11.8. The quantitative estimate of drug-likeness (QED) is 0.360. The van der Waals surface area contributed by atoms with Gasteiger partial charge in [0.25, 0.3) is 0 Å². The molecule has 30 heavy (non-hydrogen) atoms. The van der Waals surface area contributed by atoms with Gasteiger partial charge >= 0.3 is 0 Å². The number of fused-ring (bicyclic) bond motifs is 2. The van der Waals surface area contributed by atoms with Crippen molar-refractivity contribution in [2.24, 2.45) is 0 Å². The third-order valence-electron chi connectivity index (χ3n) is 5.73. The molecule has 142 valence electrons. The highest BCUT2D eigenvalue weighted by molar-refractivity contribution is 6.10. The fourth-order valence-corrected chi connectivity index (χ4v) is 4.45. The molecule has 0 unspecified atom stereocenters. The maximum absolute atomic E-state index is 7.80. The van der Waals surface area contributed by atoms with Crippen molar-refractivity contribution in [1.82, 2.24) is 0 Å². The Hall–Kier alpha value is -3.97. The molecule has 0 amide bonds. The molecular weight excluding hydrogens is 362 g/mol. The Labute approximate surface area is 175 Å². The summed E-state index contributed by atoms with van der Waals surface area (Å²) in [6, 6.07) is 33.8. The first-order valence-electron chi connectivity index (χ1n) is 10.1. The van der Waals surface area contributed by atoms with Gasteiger partial charge in [0.15, 0.2) is 0 Å².